The van der Waals surface area contributed by atoms with Crippen LogP contribution >= 0.6 is 0 Å². The Kier molecular flexibility index (Phi) is 6.52. The Bertz CT molecular complexity index is 1360. The van der Waals surface area contributed by atoms with Gasteiger partial charge in [0.2, 0.25) is 11.8 Å². The Morgan fingerprint density at radius 1 is 0.971 bits per heavy atom. The van der Waals surface area contributed by atoms with Crippen LogP contribution in [0.1, 0.15) is 24.0 Å². The molecule has 6 nitrogen and oxygen atoms in total. The lowest BCUT2D eigenvalue weighted by Gasteiger charge is -2.16. The third-order valence-corrected chi connectivity index (χ3v) is 5.96. The molecule has 0 saturated carbocycles. The average molecular weight is 463 g/mol. The number of carbonyl (C=O) groups excluding carboxylic acids is 2. The van der Waals surface area contributed by atoms with E-state index >= 15 is 0 Å². The minimum absolute atomic E-state index is 0.188. The van der Waals surface area contributed by atoms with Crippen molar-refractivity contribution < 1.29 is 9.59 Å². The van der Waals surface area contributed by atoms with E-state index in [1.807, 2.05) is 101 Å². The van der Waals surface area contributed by atoms with Crippen LogP contribution in [0.2, 0.25) is 0 Å². The second kappa shape index (κ2) is 10.2. The number of benzene rings is 3. The van der Waals surface area contributed by atoms with Crippen LogP contribution in [-0.4, -0.2) is 33.0 Å². The van der Waals surface area contributed by atoms with Gasteiger partial charge < -0.3 is 10.2 Å². The van der Waals surface area contributed by atoms with Crippen LogP contribution in [0.3, 0.4) is 0 Å². The minimum atomic E-state index is -0.231. The lowest BCUT2D eigenvalue weighted by atomic mass is 10.1. The van der Waals surface area contributed by atoms with Crippen LogP contribution in [0, 0.1) is 0 Å². The highest BCUT2D eigenvalue weighted by Gasteiger charge is 2.20. The van der Waals surface area contributed by atoms with Crippen LogP contribution in [0.25, 0.3) is 23.0 Å². The lowest BCUT2D eigenvalue weighted by Crippen LogP contribution is -2.23. The highest BCUT2D eigenvalue weighted by atomic mass is 16.2. The lowest BCUT2D eigenvalue weighted by molar-refractivity contribution is -0.128. The maximum Gasteiger partial charge on any atom is 0.248 e. The van der Waals surface area contributed by atoms with Gasteiger partial charge >= 0.3 is 0 Å². The molecule has 1 aromatic heterocycles. The summed E-state index contributed by atoms with van der Waals surface area (Å²) in [5.41, 5.74) is 5.27. The molecule has 2 amide bonds. The zero-order valence-corrected chi connectivity index (χ0v) is 19.3. The van der Waals surface area contributed by atoms with E-state index in [4.69, 9.17) is 5.10 Å². The van der Waals surface area contributed by atoms with Gasteiger partial charge in [0.15, 0.2) is 0 Å². The van der Waals surface area contributed by atoms with Crippen molar-refractivity contribution in [1.29, 1.82) is 0 Å². The van der Waals surface area contributed by atoms with E-state index in [9.17, 15) is 9.59 Å². The summed E-state index contributed by atoms with van der Waals surface area (Å²) in [7, 11) is 0. The first-order valence-electron chi connectivity index (χ1n) is 11.7. The number of carbonyl (C=O) groups is 2. The largest absolute Gasteiger partial charge is 0.338 e. The minimum Gasteiger partial charge on any atom is -0.338 e. The molecule has 1 N–H and O–H groups in total. The van der Waals surface area contributed by atoms with Gasteiger partial charge in [-0.25, -0.2) is 4.68 Å². The Balaban J connectivity index is 1.34. The van der Waals surface area contributed by atoms with Gasteiger partial charge in [0, 0.05) is 48.6 Å². The predicted molar refractivity (Wildman–Crippen MR) is 138 cm³/mol. The number of para-hydroxylation sites is 1. The second-order valence-corrected chi connectivity index (χ2v) is 8.52. The topological polar surface area (TPSA) is 67.2 Å². The van der Waals surface area contributed by atoms with E-state index in [0.29, 0.717) is 18.7 Å². The molecule has 0 spiro atoms. The van der Waals surface area contributed by atoms with Crippen LogP contribution in [0.4, 0.5) is 5.69 Å². The fraction of sp³-hybridized carbons (Fsp3) is 0.138. The van der Waals surface area contributed by atoms with E-state index in [-0.39, 0.29) is 11.8 Å². The third-order valence-electron chi connectivity index (χ3n) is 5.96. The summed E-state index contributed by atoms with van der Waals surface area (Å²) in [5, 5.41) is 7.71. The summed E-state index contributed by atoms with van der Waals surface area (Å²) in [4.78, 5) is 26.5. The standard InChI is InChI=1S/C29H26N4O2/c34-27(30-25-12-7-9-22(19-25)20-32-18-8-15-28(32)35)17-16-24-21-33(26-13-5-2-6-14-26)31-29(24)23-10-3-1-4-11-23/h1-7,9-14,16-17,19,21H,8,15,18,20H2,(H,30,34)/b17-16+. The van der Waals surface area contributed by atoms with Crippen molar-refractivity contribution in [2.24, 2.45) is 0 Å². The highest BCUT2D eigenvalue weighted by molar-refractivity contribution is 6.02. The number of nitrogens with one attached hydrogen (secondary N) is 1. The molecule has 1 aliphatic heterocycles. The van der Waals surface area contributed by atoms with E-state index in [1.165, 1.54) is 6.08 Å². The van der Waals surface area contributed by atoms with Gasteiger partial charge in [0.25, 0.3) is 0 Å². The molecule has 5 rings (SSSR count). The average Bonchev–Trinajstić information content (AvgIpc) is 3.50. The Labute approximate surface area is 204 Å². The summed E-state index contributed by atoms with van der Waals surface area (Å²) in [5.74, 6) is -0.0430. The van der Waals surface area contributed by atoms with Gasteiger partial charge in [-0.1, -0.05) is 60.7 Å². The maximum absolute atomic E-state index is 12.7. The van der Waals surface area contributed by atoms with E-state index < -0.39 is 0 Å². The molecular formula is C29H26N4O2. The molecule has 0 bridgehead atoms. The van der Waals surface area contributed by atoms with Crippen molar-refractivity contribution in [2.45, 2.75) is 19.4 Å². The highest BCUT2D eigenvalue weighted by Crippen LogP contribution is 2.25. The number of hydrogen-bond donors (Lipinski definition) is 1. The Morgan fingerprint density at radius 3 is 2.49 bits per heavy atom. The van der Waals surface area contributed by atoms with E-state index in [0.717, 1.165) is 41.0 Å². The summed E-state index contributed by atoms with van der Waals surface area (Å²) in [6.45, 7) is 1.36. The molecule has 3 aromatic carbocycles. The number of amides is 2. The van der Waals surface area contributed by atoms with Crippen LogP contribution < -0.4 is 5.32 Å². The van der Waals surface area contributed by atoms with Crippen molar-refractivity contribution in [2.75, 3.05) is 11.9 Å². The van der Waals surface area contributed by atoms with Gasteiger partial charge in [-0.05, 0) is 42.3 Å². The monoisotopic (exact) mass is 462 g/mol. The molecule has 0 unspecified atom stereocenters. The SMILES string of the molecule is O=C(/C=C/c1cn(-c2ccccc2)nc1-c1ccccc1)Nc1cccc(CN2CCCC2=O)c1. The second-order valence-electron chi connectivity index (χ2n) is 8.52. The summed E-state index contributed by atoms with van der Waals surface area (Å²) >= 11 is 0. The van der Waals surface area contributed by atoms with Gasteiger partial charge in [-0.2, -0.15) is 5.10 Å². The first-order chi connectivity index (χ1) is 17.2. The van der Waals surface area contributed by atoms with Crippen molar-refractivity contribution in [1.82, 2.24) is 14.7 Å². The number of hydrogen-bond acceptors (Lipinski definition) is 3. The van der Waals surface area contributed by atoms with E-state index in [2.05, 4.69) is 5.32 Å². The first-order valence-corrected chi connectivity index (χ1v) is 11.7. The van der Waals surface area contributed by atoms with Crippen molar-refractivity contribution in [3.05, 3.63) is 108 Å². The van der Waals surface area contributed by atoms with Crippen LogP contribution in [-0.2, 0) is 16.1 Å². The number of rotatable bonds is 7. The molecule has 1 saturated heterocycles. The van der Waals surface area contributed by atoms with Gasteiger partial charge in [-0.3, -0.25) is 9.59 Å². The number of nitrogens with zero attached hydrogens (tertiary/aromatic N) is 3. The molecule has 174 valence electrons. The normalized spacial score (nSPS) is 13.5. The van der Waals surface area contributed by atoms with Crippen LogP contribution in [0.5, 0.6) is 0 Å². The molecule has 1 aliphatic rings. The van der Waals surface area contributed by atoms with Gasteiger partial charge in [0.1, 0.15) is 0 Å². The first kappa shape index (κ1) is 22.3. The van der Waals surface area contributed by atoms with Crippen molar-refractivity contribution >= 4 is 23.6 Å². The summed E-state index contributed by atoms with van der Waals surface area (Å²) in [6.07, 6.45) is 6.76. The molecule has 0 radical (unpaired) electrons. The number of aromatic nitrogens is 2. The van der Waals surface area contributed by atoms with Crippen molar-refractivity contribution in [3.8, 4) is 16.9 Å². The summed E-state index contributed by atoms with van der Waals surface area (Å²) in [6, 6.07) is 27.4. The predicted octanol–water partition coefficient (Wildman–Crippen LogP) is 5.31. The smallest absolute Gasteiger partial charge is 0.248 e. The molecule has 6 heteroatoms. The quantitative estimate of drug-likeness (QED) is 0.378. The Morgan fingerprint density at radius 2 is 1.74 bits per heavy atom. The van der Waals surface area contributed by atoms with E-state index in [1.54, 1.807) is 6.08 Å². The zero-order valence-electron chi connectivity index (χ0n) is 19.3. The zero-order chi connectivity index (χ0) is 24.0. The molecule has 4 aromatic rings. The molecule has 2 heterocycles. The molecule has 35 heavy (non-hydrogen) atoms. The molecule has 1 fully saturated rings. The number of anilines is 1. The molecule has 0 aliphatic carbocycles. The summed E-state index contributed by atoms with van der Waals surface area (Å²) < 4.78 is 1.82. The maximum atomic E-state index is 12.7. The third kappa shape index (κ3) is 5.38. The molecular weight excluding hydrogens is 436 g/mol. The van der Waals surface area contributed by atoms with Crippen LogP contribution in [0.15, 0.2) is 97.2 Å². The number of likely N-dealkylation sites (tertiary alicyclic amines) is 1. The Hall–Kier alpha value is -4.45. The molecule has 0 atom stereocenters. The van der Waals surface area contributed by atoms with Gasteiger partial charge in [-0.15, -0.1) is 0 Å². The fourth-order valence-corrected chi connectivity index (χ4v) is 4.23. The van der Waals surface area contributed by atoms with Crippen molar-refractivity contribution in [3.63, 3.8) is 0 Å². The van der Waals surface area contributed by atoms with Gasteiger partial charge in [0.05, 0.1) is 11.4 Å². The fourth-order valence-electron chi connectivity index (χ4n) is 4.23.